The summed E-state index contributed by atoms with van der Waals surface area (Å²) in [6.07, 6.45) is 1.25. The van der Waals surface area contributed by atoms with Crippen molar-refractivity contribution >= 4 is 33.3 Å². The molecule has 0 amide bonds. The maximum absolute atomic E-state index is 13.7. The van der Waals surface area contributed by atoms with Crippen LogP contribution in [0.5, 0.6) is 0 Å². The van der Waals surface area contributed by atoms with Crippen LogP contribution >= 0.6 is 15.9 Å². The lowest BCUT2D eigenvalue weighted by atomic mass is 10.2. The van der Waals surface area contributed by atoms with Crippen LogP contribution in [0.25, 0.3) is 0 Å². The van der Waals surface area contributed by atoms with Crippen molar-refractivity contribution in [2.24, 2.45) is 0 Å². The van der Waals surface area contributed by atoms with Gasteiger partial charge in [-0.15, -0.1) is 0 Å². The summed E-state index contributed by atoms with van der Waals surface area (Å²) < 4.78 is 14.3. The number of aromatic nitrogens is 1. The van der Waals surface area contributed by atoms with Gasteiger partial charge in [0.2, 0.25) is 0 Å². The highest BCUT2D eigenvalue weighted by Gasteiger charge is 2.12. The summed E-state index contributed by atoms with van der Waals surface area (Å²) in [6, 6.07) is 6.06. The number of aromatic carboxylic acids is 1. The molecule has 0 bridgehead atoms. The maximum atomic E-state index is 13.7. The molecule has 2 N–H and O–H groups in total. The first-order valence-corrected chi connectivity index (χ1v) is 6.18. The number of anilines is 2. The van der Waals surface area contributed by atoms with Gasteiger partial charge in [-0.3, -0.25) is 4.98 Å². The second-order valence-corrected chi connectivity index (χ2v) is 4.84. The van der Waals surface area contributed by atoms with Crippen LogP contribution in [-0.4, -0.2) is 16.1 Å². The zero-order valence-corrected chi connectivity index (χ0v) is 11.5. The van der Waals surface area contributed by atoms with E-state index < -0.39 is 11.8 Å². The molecule has 1 aromatic carbocycles. The van der Waals surface area contributed by atoms with Crippen molar-refractivity contribution < 1.29 is 14.3 Å². The van der Waals surface area contributed by atoms with E-state index in [1.54, 1.807) is 19.1 Å². The minimum atomic E-state index is -1.12. The third-order valence-electron chi connectivity index (χ3n) is 2.47. The van der Waals surface area contributed by atoms with Crippen molar-refractivity contribution in [3.05, 3.63) is 52.0 Å². The molecule has 0 saturated carbocycles. The highest BCUT2D eigenvalue weighted by molar-refractivity contribution is 9.10. The van der Waals surface area contributed by atoms with E-state index in [9.17, 15) is 9.18 Å². The molecule has 0 atom stereocenters. The van der Waals surface area contributed by atoms with Crippen LogP contribution in [0.3, 0.4) is 0 Å². The fourth-order valence-electron chi connectivity index (χ4n) is 1.57. The molecule has 0 spiro atoms. The Hall–Kier alpha value is -1.95. The van der Waals surface area contributed by atoms with Crippen molar-refractivity contribution in [2.45, 2.75) is 6.92 Å². The van der Waals surface area contributed by atoms with Crippen LogP contribution < -0.4 is 5.32 Å². The number of aryl methyl sites for hydroxylation is 1. The molecule has 1 aromatic heterocycles. The molecule has 0 unspecified atom stereocenters. The van der Waals surface area contributed by atoms with Gasteiger partial charge in [-0.2, -0.15) is 0 Å². The number of pyridine rings is 1. The molecule has 98 valence electrons. The van der Waals surface area contributed by atoms with Crippen LogP contribution in [0.1, 0.15) is 16.1 Å². The van der Waals surface area contributed by atoms with E-state index in [0.29, 0.717) is 15.9 Å². The molecule has 0 aliphatic rings. The monoisotopic (exact) mass is 324 g/mol. The Morgan fingerprint density at radius 2 is 2.11 bits per heavy atom. The van der Waals surface area contributed by atoms with Gasteiger partial charge in [0.1, 0.15) is 11.4 Å². The first kappa shape index (κ1) is 13.5. The Balaban J connectivity index is 2.42. The molecule has 4 nitrogen and oxygen atoms in total. The molecule has 0 aliphatic carbocycles. The minimum absolute atomic E-state index is 0.00656. The van der Waals surface area contributed by atoms with E-state index in [-0.39, 0.29) is 11.3 Å². The van der Waals surface area contributed by atoms with E-state index in [0.717, 1.165) is 0 Å². The van der Waals surface area contributed by atoms with E-state index in [1.807, 2.05) is 0 Å². The molecule has 0 radical (unpaired) electrons. The highest BCUT2D eigenvalue weighted by Crippen LogP contribution is 2.25. The van der Waals surface area contributed by atoms with Gasteiger partial charge < -0.3 is 10.4 Å². The lowest BCUT2D eigenvalue weighted by Crippen LogP contribution is -2.05. The van der Waals surface area contributed by atoms with Gasteiger partial charge in [-0.05, 0) is 31.2 Å². The van der Waals surface area contributed by atoms with Crippen molar-refractivity contribution in [3.63, 3.8) is 0 Å². The van der Waals surface area contributed by atoms with Gasteiger partial charge in [-0.1, -0.05) is 15.9 Å². The van der Waals surface area contributed by atoms with E-state index in [2.05, 4.69) is 26.2 Å². The number of carbonyl (C=O) groups is 1. The number of benzene rings is 1. The lowest BCUT2D eigenvalue weighted by Gasteiger charge is -2.11. The molecule has 1 heterocycles. The summed E-state index contributed by atoms with van der Waals surface area (Å²) in [5.74, 6) is -1.59. The van der Waals surface area contributed by atoms with Crippen LogP contribution in [-0.2, 0) is 0 Å². The molecular formula is C13H10BrFN2O2. The van der Waals surface area contributed by atoms with Crippen LogP contribution in [0.15, 0.2) is 34.9 Å². The number of hydrogen-bond acceptors (Lipinski definition) is 3. The summed E-state index contributed by atoms with van der Waals surface area (Å²) in [7, 11) is 0. The predicted octanol–water partition coefficient (Wildman–Crippen LogP) is 3.73. The van der Waals surface area contributed by atoms with Crippen molar-refractivity contribution in [1.29, 1.82) is 0 Å². The smallest absolute Gasteiger partial charge is 0.339 e. The molecule has 2 aromatic rings. The van der Waals surface area contributed by atoms with Crippen molar-refractivity contribution in [2.75, 3.05) is 5.32 Å². The molecule has 0 aliphatic heterocycles. The Labute approximate surface area is 117 Å². The van der Waals surface area contributed by atoms with Crippen molar-refractivity contribution in [1.82, 2.24) is 4.98 Å². The van der Waals surface area contributed by atoms with Gasteiger partial charge in [-0.25, -0.2) is 9.18 Å². The standard InChI is InChI=1S/C13H10BrFN2O2/c1-7-4-12(9(6-16-7)13(18)19)17-11-3-2-8(14)5-10(11)15/h2-6H,1H3,(H,16,17)(H,18,19). The van der Waals surface area contributed by atoms with E-state index >= 15 is 0 Å². The third-order valence-corrected chi connectivity index (χ3v) is 2.96. The number of nitrogens with zero attached hydrogens (tertiary/aromatic N) is 1. The number of hydrogen-bond donors (Lipinski definition) is 2. The van der Waals surface area contributed by atoms with E-state index in [1.165, 1.54) is 18.3 Å². The SMILES string of the molecule is Cc1cc(Nc2ccc(Br)cc2F)c(C(=O)O)cn1. The van der Waals surface area contributed by atoms with Gasteiger partial charge in [0.25, 0.3) is 0 Å². The first-order valence-electron chi connectivity index (χ1n) is 5.39. The number of carboxylic acid groups (broad SMARTS) is 1. The summed E-state index contributed by atoms with van der Waals surface area (Å²) in [5.41, 5.74) is 1.15. The van der Waals surface area contributed by atoms with Crippen LogP contribution in [0.2, 0.25) is 0 Å². The van der Waals surface area contributed by atoms with Gasteiger partial charge in [0.05, 0.1) is 11.4 Å². The second-order valence-electron chi connectivity index (χ2n) is 3.93. The van der Waals surface area contributed by atoms with Gasteiger partial charge in [0.15, 0.2) is 0 Å². The Kier molecular flexibility index (Phi) is 3.80. The molecular weight excluding hydrogens is 315 g/mol. The average Bonchev–Trinajstić information content (AvgIpc) is 2.32. The fourth-order valence-corrected chi connectivity index (χ4v) is 1.90. The first-order chi connectivity index (χ1) is 8.97. The summed E-state index contributed by atoms with van der Waals surface area (Å²) in [6.45, 7) is 1.73. The number of halogens is 2. The summed E-state index contributed by atoms with van der Waals surface area (Å²) in [4.78, 5) is 15.0. The molecule has 19 heavy (non-hydrogen) atoms. The number of rotatable bonds is 3. The normalized spacial score (nSPS) is 10.3. The highest BCUT2D eigenvalue weighted by atomic mass is 79.9. The number of nitrogens with one attached hydrogen (secondary N) is 1. The molecule has 0 fully saturated rings. The van der Waals surface area contributed by atoms with Gasteiger partial charge >= 0.3 is 5.97 Å². The fraction of sp³-hybridized carbons (Fsp3) is 0.0769. The second kappa shape index (κ2) is 5.36. The largest absolute Gasteiger partial charge is 0.478 e. The zero-order chi connectivity index (χ0) is 14.0. The Morgan fingerprint density at radius 1 is 1.37 bits per heavy atom. The maximum Gasteiger partial charge on any atom is 0.339 e. The topological polar surface area (TPSA) is 62.2 Å². The minimum Gasteiger partial charge on any atom is -0.478 e. The molecule has 6 heteroatoms. The van der Waals surface area contributed by atoms with Crippen LogP contribution in [0.4, 0.5) is 15.8 Å². The predicted molar refractivity (Wildman–Crippen MR) is 73.3 cm³/mol. The Bertz CT molecular complexity index is 647. The Morgan fingerprint density at radius 3 is 2.74 bits per heavy atom. The van der Waals surface area contributed by atoms with Gasteiger partial charge in [0, 0.05) is 16.4 Å². The van der Waals surface area contributed by atoms with Crippen LogP contribution in [0, 0.1) is 12.7 Å². The average molecular weight is 325 g/mol. The number of carboxylic acids is 1. The molecule has 0 saturated heterocycles. The summed E-state index contributed by atoms with van der Waals surface area (Å²) >= 11 is 3.16. The third kappa shape index (κ3) is 3.08. The summed E-state index contributed by atoms with van der Waals surface area (Å²) in [5, 5.41) is 11.8. The quantitative estimate of drug-likeness (QED) is 0.902. The van der Waals surface area contributed by atoms with Crippen molar-refractivity contribution in [3.8, 4) is 0 Å². The lowest BCUT2D eigenvalue weighted by molar-refractivity contribution is 0.0697. The zero-order valence-electron chi connectivity index (χ0n) is 9.95. The molecule has 2 rings (SSSR count). The van der Waals surface area contributed by atoms with E-state index in [4.69, 9.17) is 5.11 Å².